The minimum Gasteiger partial charge on any atom is -0.397 e. The highest BCUT2D eigenvalue weighted by Crippen LogP contribution is 2.43. The number of nitrogens with two attached hydrogens (primary N) is 2. The van der Waals surface area contributed by atoms with Crippen LogP contribution in [-0.4, -0.2) is 17.4 Å². The van der Waals surface area contributed by atoms with Crippen molar-refractivity contribution in [2.45, 2.75) is 19.8 Å². The third kappa shape index (κ3) is 3.08. The van der Waals surface area contributed by atoms with Gasteiger partial charge in [-0.05, 0) is 37.0 Å². The van der Waals surface area contributed by atoms with E-state index in [1.165, 1.54) is 11.3 Å². The monoisotopic (exact) mass is 439 g/mol. The summed E-state index contributed by atoms with van der Waals surface area (Å²) in [6.45, 7) is 2.63. The number of nitrogen functional groups attached to an aromatic ring is 2. The fourth-order valence-electron chi connectivity index (χ4n) is 4.32. The maximum absolute atomic E-state index is 13.6. The minimum absolute atomic E-state index is 0.138. The van der Waals surface area contributed by atoms with Crippen LogP contribution in [0.3, 0.4) is 0 Å². The number of hydrogen-bond acceptors (Lipinski definition) is 6. The fourth-order valence-corrected chi connectivity index (χ4v) is 5.38. The Morgan fingerprint density at radius 2 is 1.91 bits per heavy atom. The third-order valence-corrected chi connectivity index (χ3v) is 6.99. The number of amides is 1. The van der Waals surface area contributed by atoms with Gasteiger partial charge in [-0.2, -0.15) is 5.26 Å². The van der Waals surface area contributed by atoms with Gasteiger partial charge in [0.1, 0.15) is 27.2 Å². The molecule has 5 rings (SSSR count). The van der Waals surface area contributed by atoms with Gasteiger partial charge in [-0.3, -0.25) is 4.79 Å². The fraction of sp³-hybridized carbons (Fsp3) is 0.160. The number of rotatable bonds is 2. The molecule has 0 radical (unpaired) electrons. The van der Waals surface area contributed by atoms with Crippen molar-refractivity contribution in [3.63, 3.8) is 0 Å². The molecule has 0 atom stereocenters. The molecule has 2 aromatic heterocycles. The number of thiophene rings is 1. The summed E-state index contributed by atoms with van der Waals surface area (Å²) in [4.78, 5) is 20.8. The molecule has 4 N–H and O–H groups in total. The molecule has 1 aliphatic heterocycles. The molecule has 158 valence electrons. The van der Waals surface area contributed by atoms with Gasteiger partial charge in [0.25, 0.3) is 5.91 Å². The molecular formula is C25H21N5OS. The van der Waals surface area contributed by atoms with Crippen LogP contribution in [0.25, 0.3) is 21.3 Å². The van der Waals surface area contributed by atoms with Crippen molar-refractivity contribution in [1.82, 2.24) is 4.98 Å². The smallest absolute Gasteiger partial charge is 0.270 e. The predicted octanol–water partition coefficient (Wildman–Crippen LogP) is 4.90. The molecule has 6 nitrogen and oxygen atoms in total. The summed E-state index contributed by atoms with van der Waals surface area (Å²) in [7, 11) is 0. The van der Waals surface area contributed by atoms with Gasteiger partial charge in [0.2, 0.25) is 0 Å². The SMILES string of the molecule is Cc1ccc(-c2c(C#N)c(N)nc3sc(C(=O)N4CCCc5ccccc54)c(N)c23)cc1. The Bertz CT molecular complexity index is 1420. The highest BCUT2D eigenvalue weighted by Gasteiger charge is 2.29. The van der Waals surface area contributed by atoms with Crippen LogP contribution in [-0.2, 0) is 6.42 Å². The lowest BCUT2D eigenvalue weighted by atomic mass is 9.96. The number of fused-ring (bicyclic) bond motifs is 2. The Labute approximate surface area is 189 Å². The normalized spacial score (nSPS) is 13.1. The number of aromatic nitrogens is 1. The molecule has 0 fully saturated rings. The number of aryl methyl sites for hydroxylation is 2. The topological polar surface area (TPSA) is 109 Å². The highest BCUT2D eigenvalue weighted by molar-refractivity contribution is 7.21. The van der Waals surface area contributed by atoms with Gasteiger partial charge in [-0.25, -0.2) is 4.98 Å². The maximum Gasteiger partial charge on any atom is 0.270 e. The van der Waals surface area contributed by atoms with E-state index in [2.05, 4.69) is 17.1 Å². The molecule has 1 aliphatic rings. The first kappa shape index (κ1) is 20.0. The summed E-state index contributed by atoms with van der Waals surface area (Å²) in [5.41, 5.74) is 18.0. The van der Waals surface area contributed by atoms with Crippen LogP contribution in [0.5, 0.6) is 0 Å². The molecular weight excluding hydrogens is 418 g/mol. The van der Waals surface area contributed by atoms with Crippen molar-refractivity contribution in [1.29, 1.82) is 5.26 Å². The van der Waals surface area contributed by atoms with Crippen molar-refractivity contribution in [3.8, 4) is 17.2 Å². The highest BCUT2D eigenvalue weighted by atomic mass is 32.1. The van der Waals surface area contributed by atoms with Crippen LogP contribution in [0, 0.1) is 18.3 Å². The van der Waals surface area contributed by atoms with Crippen molar-refractivity contribution >= 4 is 44.7 Å². The zero-order valence-electron chi connectivity index (χ0n) is 17.6. The largest absolute Gasteiger partial charge is 0.397 e. The average molecular weight is 440 g/mol. The van der Waals surface area contributed by atoms with Crippen molar-refractivity contribution < 1.29 is 4.79 Å². The first-order valence-corrected chi connectivity index (χ1v) is 11.2. The summed E-state index contributed by atoms with van der Waals surface area (Å²) in [5, 5.41) is 10.4. The lowest BCUT2D eigenvalue weighted by molar-refractivity contribution is 0.0990. The average Bonchev–Trinajstić information content (AvgIpc) is 3.13. The summed E-state index contributed by atoms with van der Waals surface area (Å²) >= 11 is 1.23. The second kappa shape index (κ2) is 7.66. The number of nitriles is 1. The zero-order valence-corrected chi connectivity index (χ0v) is 18.4. The minimum atomic E-state index is -0.149. The van der Waals surface area contributed by atoms with E-state index in [1.54, 1.807) is 4.90 Å². The van der Waals surface area contributed by atoms with Crippen LogP contribution in [0.15, 0.2) is 48.5 Å². The van der Waals surface area contributed by atoms with Gasteiger partial charge >= 0.3 is 0 Å². The molecule has 2 aromatic carbocycles. The predicted molar refractivity (Wildman–Crippen MR) is 130 cm³/mol. The summed E-state index contributed by atoms with van der Waals surface area (Å²) in [5.74, 6) is -0.0104. The van der Waals surface area contributed by atoms with Crippen molar-refractivity contribution in [2.24, 2.45) is 0 Å². The molecule has 7 heteroatoms. The van der Waals surface area contributed by atoms with E-state index in [0.29, 0.717) is 32.9 Å². The van der Waals surface area contributed by atoms with Crippen LogP contribution in [0.4, 0.5) is 17.2 Å². The van der Waals surface area contributed by atoms with E-state index < -0.39 is 0 Å². The Balaban J connectivity index is 1.72. The molecule has 1 amide bonds. The van der Waals surface area contributed by atoms with Gasteiger partial charge in [0, 0.05) is 23.2 Å². The summed E-state index contributed by atoms with van der Waals surface area (Å²) in [6.07, 6.45) is 1.84. The molecule has 0 saturated carbocycles. The van der Waals surface area contributed by atoms with E-state index in [0.717, 1.165) is 35.2 Å². The Morgan fingerprint density at radius 3 is 2.66 bits per heavy atom. The maximum atomic E-state index is 13.6. The molecule has 0 bridgehead atoms. The lowest BCUT2D eigenvalue weighted by Gasteiger charge is -2.29. The molecule has 3 heterocycles. The number of para-hydroxylation sites is 1. The number of nitrogens with zero attached hydrogens (tertiary/aromatic N) is 3. The van der Waals surface area contributed by atoms with E-state index in [-0.39, 0.29) is 17.3 Å². The van der Waals surface area contributed by atoms with Gasteiger partial charge < -0.3 is 16.4 Å². The molecule has 0 unspecified atom stereocenters. The molecule has 0 spiro atoms. The number of pyridine rings is 1. The standard InChI is InChI=1S/C25H21N5OS/c1-14-8-10-16(11-9-14)19-17(13-26)23(28)29-24-20(19)21(27)22(32-24)25(31)30-12-4-6-15-5-2-3-7-18(15)30/h2-3,5,7-11H,4,6,12,27H2,1H3,(H2,28,29). The zero-order chi connectivity index (χ0) is 22.4. The van der Waals surface area contributed by atoms with Crippen LogP contribution < -0.4 is 16.4 Å². The second-order valence-electron chi connectivity index (χ2n) is 7.94. The lowest BCUT2D eigenvalue weighted by Crippen LogP contribution is -2.35. The third-order valence-electron chi connectivity index (χ3n) is 5.91. The van der Waals surface area contributed by atoms with Crippen LogP contribution in [0.1, 0.15) is 32.8 Å². The summed E-state index contributed by atoms with van der Waals surface area (Å²) < 4.78 is 0. The van der Waals surface area contributed by atoms with Crippen LogP contribution in [0.2, 0.25) is 0 Å². The van der Waals surface area contributed by atoms with Gasteiger partial charge in [-0.1, -0.05) is 48.0 Å². The summed E-state index contributed by atoms with van der Waals surface area (Å²) in [6, 6.07) is 17.9. The number of anilines is 3. The first-order valence-electron chi connectivity index (χ1n) is 10.4. The van der Waals surface area contributed by atoms with Crippen molar-refractivity contribution in [2.75, 3.05) is 22.9 Å². The van der Waals surface area contributed by atoms with E-state index in [1.807, 2.05) is 49.4 Å². The Hall–Kier alpha value is -3.89. The number of hydrogen-bond donors (Lipinski definition) is 2. The van der Waals surface area contributed by atoms with Crippen LogP contribution >= 0.6 is 11.3 Å². The molecule has 0 aliphatic carbocycles. The molecule has 4 aromatic rings. The van der Waals surface area contributed by atoms with Crippen molar-refractivity contribution in [3.05, 3.63) is 70.1 Å². The van der Waals surface area contributed by atoms with E-state index in [9.17, 15) is 10.1 Å². The van der Waals surface area contributed by atoms with Gasteiger partial charge in [-0.15, -0.1) is 11.3 Å². The van der Waals surface area contributed by atoms with E-state index in [4.69, 9.17) is 11.5 Å². The number of carbonyl (C=O) groups excluding carboxylic acids is 1. The number of carbonyl (C=O) groups is 1. The van der Waals surface area contributed by atoms with E-state index >= 15 is 0 Å². The van der Waals surface area contributed by atoms with Gasteiger partial charge in [0.05, 0.1) is 5.69 Å². The molecule has 32 heavy (non-hydrogen) atoms. The Morgan fingerprint density at radius 1 is 1.16 bits per heavy atom. The first-order chi connectivity index (χ1) is 15.5. The second-order valence-corrected chi connectivity index (χ2v) is 8.94. The quantitative estimate of drug-likeness (QED) is 0.462. The molecule has 0 saturated heterocycles. The number of benzene rings is 2. The Kier molecular flexibility index (Phi) is 4.80. The van der Waals surface area contributed by atoms with Gasteiger partial charge in [0.15, 0.2) is 0 Å².